The van der Waals surface area contributed by atoms with Gasteiger partial charge in [-0.25, -0.2) is 9.97 Å². The van der Waals surface area contributed by atoms with E-state index in [0.717, 1.165) is 0 Å². The second-order valence-electron chi connectivity index (χ2n) is 1.86. The molecular formula is C6H4Cl2N2O2. The Bertz CT molecular complexity index is 273. The van der Waals surface area contributed by atoms with Gasteiger partial charge in [0.1, 0.15) is 11.8 Å². The molecule has 0 saturated heterocycles. The summed E-state index contributed by atoms with van der Waals surface area (Å²) in [6.07, 6.45) is 0. The summed E-state index contributed by atoms with van der Waals surface area (Å²) in [4.78, 5) is 17.2. The van der Waals surface area contributed by atoms with Gasteiger partial charge in [0.05, 0.1) is 5.69 Å². The van der Waals surface area contributed by atoms with Crippen LogP contribution in [-0.4, -0.2) is 16.4 Å². The largest absolute Gasteiger partial charge is 0.461 e. The molecule has 12 heavy (non-hydrogen) atoms. The van der Waals surface area contributed by atoms with E-state index in [9.17, 15) is 4.79 Å². The van der Waals surface area contributed by atoms with Crippen molar-refractivity contribution in [2.75, 3.05) is 0 Å². The number of aromatic nitrogens is 2. The normalized spacial score (nSPS) is 9.50. The van der Waals surface area contributed by atoms with E-state index < -0.39 is 0 Å². The zero-order valence-corrected chi connectivity index (χ0v) is 7.34. The molecule has 1 aromatic heterocycles. The monoisotopic (exact) mass is 206 g/mol. The molecule has 0 fully saturated rings. The van der Waals surface area contributed by atoms with Gasteiger partial charge in [-0.05, 0) is 11.6 Å². The van der Waals surface area contributed by atoms with E-state index in [1.54, 1.807) is 0 Å². The summed E-state index contributed by atoms with van der Waals surface area (Å²) in [5.74, 6) is 0. The van der Waals surface area contributed by atoms with E-state index in [1.165, 1.54) is 6.07 Å². The maximum Gasteiger partial charge on any atom is 0.293 e. The lowest BCUT2D eigenvalue weighted by atomic mass is 10.4. The molecule has 1 aromatic rings. The molecule has 1 rings (SSSR count). The lowest BCUT2D eigenvalue weighted by Crippen LogP contribution is -1.95. The predicted octanol–water partition coefficient (Wildman–Crippen LogP) is 1.46. The highest BCUT2D eigenvalue weighted by Gasteiger charge is 2.00. The lowest BCUT2D eigenvalue weighted by molar-refractivity contribution is -0.129. The zero-order chi connectivity index (χ0) is 8.97. The Labute approximate surface area is 78.5 Å². The van der Waals surface area contributed by atoms with Crippen LogP contribution >= 0.6 is 23.2 Å². The van der Waals surface area contributed by atoms with Crippen molar-refractivity contribution in [2.24, 2.45) is 0 Å². The first-order valence-corrected chi connectivity index (χ1v) is 3.72. The number of ether oxygens (including phenoxy) is 1. The van der Waals surface area contributed by atoms with Crippen molar-refractivity contribution < 1.29 is 9.53 Å². The lowest BCUT2D eigenvalue weighted by Gasteiger charge is -1.98. The molecule has 0 aliphatic carbocycles. The van der Waals surface area contributed by atoms with Crippen LogP contribution in [0.5, 0.6) is 0 Å². The average Bonchev–Trinajstić information content (AvgIpc) is 1.99. The molecule has 0 radical (unpaired) electrons. The van der Waals surface area contributed by atoms with Crippen LogP contribution in [0, 0.1) is 0 Å². The van der Waals surface area contributed by atoms with E-state index in [4.69, 9.17) is 23.2 Å². The van der Waals surface area contributed by atoms with Gasteiger partial charge in [0.25, 0.3) is 6.47 Å². The predicted molar refractivity (Wildman–Crippen MR) is 42.9 cm³/mol. The highest BCUT2D eigenvalue weighted by molar-refractivity contribution is 6.31. The first-order valence-electron chi connectivity index (χ1n) is 2.96. The van der Waals surface area contributed by atoms with Crippen molar-refractivity contribution in [3.8, 4) is 0 Å². The van der Waals surface area contributed by atoms with Crippen molar-refractivity contribution in [3.63, 3.8) is 0 Å². The van der Waals surface area contributed by atoms with Gasteiger partial charge >= 0.3 is 0 Å². The van der Waals surface area contributed by atoms with Crippen molar-refractivity contribution in [2.45, 2.75) is 6.61 Å². The van der Waals surface area contributed by atoms with Gasteiger partial charge in [0.15, 0.2) is 0 Å². The van der Waals surface area contributed by atoms with Crippen LogP contribution in [0.1, 0.15) is 5.69 Å². The summed E-state index contributed by atoms with van der Waals surface area (Å²) in [5, 5.41) is 0.256. The van der Waals surface area contributed by atoms with Crippen LogP contribution in [0.2, 0.25) is 10.4 Å². The highest BCUT2D eigenvalue weighted by Crippen LogP contribution is 2.10. The molecule has 0 amide bonds. The molecule has 0 atom stereocenters. The van der Waals surface area contributed by atoms with Crippen LogP contribution in [-0.2, 0) is 16.1 Å². The Hall–Kier alpha value is -0.870. The molecule has 0 unspecified atom stereocenters. The van der Waals surface area contributed by atoms with Gasteiger partial charge in [-0.2, -0.15) is 0 Å². The summed E-state index contributed by atoms with van der Waals surface area (Å²) in [7, 11) is 0. The van der Waals surface area contributed by atoms with Crippen LogP contribution in [0.15, 0.2) is 6.07 Å². The van der Waals surface area contributed by atoms with Crippen LogP contribution in [0.25, 0.3) is 0 Å². The third-order valence-corrected chi connectivity index (χ3v) is 1.38. The number of halogens is 2. The molecule has 64 valence electrons. The summed E-state index contributed by atoms with van der Waals surface area (Å²) in [6, 6.07) is 1.47. The SMILES string of the molecule is O=COCc1cc(Cl)nc(Cl)n1. The van der Waals surface area contributed by atoms with Crippen molar-refractivity contribution in [3.05, 3.63) is 22.2 Å². The van der Waals surface area contributed by atoms with Gasteiger partial charge in [0.2, 0.25) is 5.28 Å². The number of rotatable bonds is 3. The van der Waals surface area contributed by atoms with Crippen LogP contribution in [0.4, 0.5) is 0 Å². The third kappa shape index (κ3) is 2.64. The van der Waals surface area contributed by atoms with E-state index in [0.29, 0.717) is 12.2 Å². The maximum atomic E-state index is 9.82. The fourth-order valence-corrected chi connectivity index (χ4v) is 1.08. The van der Waals surface area contributed by atoms with E-state index in [2.05, 4.69) is 14.7 Å². The Morgan fingerprint density at radius 1 is 1.50 bits per heavy atom. The Morgan fingerprint density at radius 3 is 2.83 bits per heavy atom. The third-order valence-electron chi connectivity index (χ3n) is 1.02. The molecule has 6 heteroatoms. The number of carbonyl (C=O) groups is 1. The van der Waals surface area contributed by atoms with E-state index in [1.807, 2.05) is 0 Å². The number of nitrogens with zero attached hydrogens (tertiary/aromatic N) is 2. The minimum Gasteiger partial charge on any atom is -0.461 e. The molecule has 0 N–H and O–H groups in total. The maximum absolute atomic E-state index is 9.82. The number of hydrogen-bond acceptors (Lipinski definition) is 4. The second kappa shape index (κ2) is 4.23. The average molecular weight is 207 g/mol. The number of carbonyl (C=O) groups excluding carboxylic acids is 1. The first-order chi connectivity index (χ1) is 5.72. The van der Waals surface area contributed by atoms with Gasteiger partial charge in [-0.3, -0.25) is 4.79 Å². The topological polar surface area (TPSA) is 52.1 Å². The number of hydrogen-bond donors (Lipinski definition) is 0. The zero-order valence-electron chi connectivity index (χ0n) is 5.83. The Balaban J connectivity index is 2.78. The van der Waals surface area contributed by atoms with Crippen molar-refractivity contribution >= 4 is 29.7 Å². The molecular weight excluding hydrogens is 203 g/mol. The van der Waals surface area contributed by atoms with Crippen molar-refractivity contribution in [1.82, 2.24) is 9.97 Å². The Morgan fingerprint density at radius 2 is 2.25 bits per heavy atom. The summed E-state index contributed by atoms with van der Waals surface area (Å²) in [5.41, 5.74) is 0.465. The molecule has 0 aromatic carbocycles. The minimum atomic E-state index is 0.0343. The van der Waals surface area contributed by atoms with Gasteiger partial charge in [-0.1, -0.05) is 11.6 Å². The summed E-state index contributed by atoms with van der Waals surface area (Å²) in [6.45, 7) is 0.370. The smallest absolute Gasteiger partial charge is 0.293 e. The van der Waals surface area contributed by atoms with E-state index in [-0.39, 0.29) is 17.0 Å². The summed E-state index contributed by atoms with van der Waals surface area (Å²) >= 11 is 11.0. The Kier molecular flexibility index (Phi) is 3.25. The molecule has 0 bridgehead atoms. The molecule has 1 heterocycles. The molecule has 0 saturated carbocycles. The summed E-state index contributed by atoms with van der Waals surface area (Å²) < 4.78 is 4.44. The fourth-order valence-electron chi connectivity index (χ4n) is 0.627. The molecule has 0 aliphatic heterocycles. The van der Waals surface area contributed by atoms with Crippen LogP contribution < -0.4 is 0 Å². The highest BCUT2D eigenvalue weighted by atomic mass is 35.5. The molecule has 0 aliphatic rings. The van der Waals surface area contributed by atoms with Gasteiger partial charge < -0.3 is 4.74 Å². The van der Waals surface area contributed by atoms with Gasteiger partial charge in [0, 0.05) is 6.07 Å². The van der Waals surface area contributed by atoms with Crippen molar-refractivity contribution in [1.29, 1.82) is 0 Å². The standard InChI is InChI=1S/C6H4Cl2N2O2/c7-5-1-4(2-12-3-11)9-6(8)10-5/h1,3H,2H2. The molecule has 4 nitrogen and oxygen atoms in total. The van der Waals surface area contributed by atoms with Gasteiger partial charge in [-0.15, -0.1) is 0 Å². The molecule has 0 spiro atoms. The second-order valence-corrected chi connectivity index (χ2v) is 2.58. The minimum absolute atomic E-state index is 0.0343. The van der Waals surface area contributed by atoms with Crippen LogP contribution in [0.3, 0.4) is 0 Å². The first kappa shape index (κ1) is 9.22. The quantitative estimate of drug-likeness (QED) is 0.427. The fraction of sp³-hybridized carbons (Fsp3) is 0.167. The van der Waals surface area contributed by atoms with E-state index >= 15 is 0 Å².